The number of benzene rings is 2. The smallest absolute Gasteiger partial charge is 0.234 e. The number of carbonyl (C=O) groups excluding carboxylic acids is 2. The fourth-order valence-electron chi connectivity index (χ4n) is 4.61. The lowest BCUT2D eigenvalue weighted by Gasteiger charge is -2.37. The number of thioether (sulfide) groups is 1. The quantitative estimate of drug-likeness (QED) is 0.378. The van der Waals surface area contributed by atoms with Gasteiger partial charge in [0.1, 0.15) is 5.82 Å². The maximum Gasteiger partial charge on any atom is 0.234 e. The van der Waals surface area contributed by atoms with Crippen LogP contribution in [0.1, 0.15) is 30.4 Å². The number of nitrogens with two attached hydrogens (primary N) is 1. The minimum Gasteiger partial charge on any atom is -0.384 e. The van der Waals surface area contributed by atoms with Gasteiger partial charge in [-0.25, -0.2) is 0 Å². The molecular weight excluding hydrogens is 543 g/mol. The topological polar surface area (TPSA) is 149 Å². The number of nitrogens with one attached hydrogen (secondary N) is 1. The van der Waals surface area contributed by atoms with E-state index in [1.165, 1.54) is 23.1 Å². The second-order valence-corrected chi connectivity index (χ2v) is 11.2. The summed E-state index contributed by atoms with van der Waals surface area (Å²) in [6.07, 6.45) is 5.47. The Hall–Kier alpha value is -4.71. The minimum atomic E-state index is -0.544. The van der Waals surface area contributed by atoms with Crippen molar-refractivity contribution in [2.24, 2.45) is 11.7 Å². The number of nitrogens with zero attached hydrogens (tertiary/aromatic N) is 5. The Morgan fingerprint density at radius 2 is 1.90 bits per heavy atom. The highest BCUT2D eigenvalue weighted by atomic mass is 32.2. The van der Waals surface area contributed by atoms with Gasteiger partial charge in [-0.3, -0.25) is 14.5 Å². The second-order valence-electron chi connectivity index (χ2n) is 9.01. The predicted molar refractivity (Wildman–Crippen MR) is 155 cm³/mol. The summed E-state index contributed by atoms with van der Waals surface area (Å²) in [6, 6.07) is 20.5. The van der Waals surface area contributed by atoms with E-state index in [1.807, 2.05) is 48.6 Å². The molecule has 0 saturated carbocycles. The number of aromatic nitrogens is 2. The summed E-state index contributed by atoms with van der Waals surface area (Å²) < 4.78 is 0.548. The van der Waals surface area contributed by atoms with Crippen molar-refractivity contribution in [3.05, 3.63) is 94.5 Å². The fourth-order valence-corrected chi connectivity index (χ4v) is 6.29. The van der Waals surface area contributed by atoms with Gasteiger partial charge in [0.2, 0.25) is 11.0 Å². The molecule has 3 aromatic rings. The largest absolute Gasteiger partial charge is 0.384 e. The lowest BCUT2D eigenvalue weighted by Crippen LogP contribution is -2.39. The third-order valence-corrected chi connectivity index (χ3v) is 8.49. The van der Waals surface area contributed by atoms with Crippen LogP contribution in [0.15, 0.2) is 87.7 Å². The number of nitriles is 2. The van der Waals surface area contributed by atoms with Gasteiger partial charge in [-0.15, -0.1) is 10.2 Å². The second kappa shape index (κ2) is 12.0. The summed E-state index contributed by atoms with van der Waals surface area (Å²) in [5, 5.41) is 30.8. The van der Waals surface area contributed by atoms with Gasteiger partial charge < -0.3 is 11.1 Å². The molecule has 2 aromatic carbocycles. The van der Waals surface area contributed by atoms with Crippen molar-refractivity contribution in [1.82, 2.24) is 10.2 Å². The van der Waals surface area contributed by atoms with Crippen LogP contribution in [0.4, 0.5) is 10.8 Å². The van der Waals surface area contributed by atoms with E-state index in [0.717, 1.165) is 11.3 Å². The highest BCUT2D eigenvalue weighted by Gasteiger charge is 2.39. The normalized spacial score (nSPS) is 17.0. The molecule has 5 rings (SSSR count). The predicted octanol–water partition coefficient (Wildman–Crippen LogP) is 4.99. The van der Waals surface area contributed by atoms with Gasteiger partial charge in [0.25, 0.3) is 0 Å². The van der Waals surface area contributed by atoms with Gasteiger partial charge in [-0.05, 0) is 42.7 Å². The van der Waals surface area contributed by atoms with Gasteiger partial charge in [-0.2, -0.15) is 10.5 Å². The Morgan fingerprint density at radius 1 is 1.12 bits per heavy atom. The van der Waals surface area contributed by atoms with Crippen molar-refractivity contribution in [3.8, 4) is 12.1 Å². The number of amides is 1. The lowest BCUT2D eigenvalue weighted by atomic mass is 9.79. The monoisotopic (exact) mass is 565 g/mol. The Labute approximate surface area is 239 Å². The molecule has 1 aliphatic heterocycles. The standard InChI is InChI=1S/C29H23N7O2S2/c30-15-19-9-12-20(13-10-19)33-25(38)17-39-29-35-34-28(40-29)36-23-7-4-8-24(37)26(23)21(22(16-31)27(36)32)14-11-18-5-2-1-3-6-18/h1-3,5-6,9-14,21H,4,7-8,17,32H2,(H,33,38)/b14-11+. The van der Waals surface area contributed by atoms with Crippen LogP contribution in [-0.2, 0) is 9.59 Å². The average molecular weight is 566 g/mol. The van der Waals surface area contributed by atoms with Gasteiger partial charge in [0, 0.05) is 29.3 Å². The number of Topliss-reactive ketones (excluding diaryl/α,β-unsaturated/α-hetero) is 1. The molecule has 11 heteroatoms. The van der Waals surface area contributed by atoms with Crippen LogP contribution in [0.5, 0.6) is 0 Å². The summed E-state index contributed by atoms with van der Waals surface area (Å²) in [5.41, 5.74) is 10.2. The molecule has 1 aliphatic carbocycles. The van der Waals surface area contributed by atoms with E-state index < -0.39 is 5.92 Å². The molecule has 40 heavy (non-hydrogen) atoms. The molecule has 1 aromatic heterocycles. The van der Waals surface area contributed by atoms with E-state index >= 15 is 0 Å². The number of hydrogen-bond donors (Lipinski definition) is 2. The number of allylic oxidation sites excluding steroid dienone is 4. The summed E-state index contributed by atoms with van der Waals surface area (Å²) in [7, 11) is 0. The van der Waals surface area contributed by atoms with E-state index in [9.17, 15) is 14.9 Å². The van der Waals surface area contributed by atoms with E-state index in [2.05, 4.69) is 21.6 Å². The van der Waals surface area contributed by atoms with Gasteiger partial charge >= 0.3 is 0 Å². The molecule has 0 bridgehead atoms. The van der Waals surface area contributed by atoms with Gasteiger partial charge in [0.15, 0.2) is 10.1 Å². The molecule has 0 fully saturated rings. The molecule has 0 spiro atoms. The first-order valence-corrected chi connectivity index (χ1v) is 14.2. The first-order chi connectivity index (χ1) is 19.5. The van der Waals surface area contributed by atoms with Crippen molar-refractivity contribution in [2.45, 2.75) is 23.6 Å². The third-order valence-electron chi connectivity index (χ3n) is 6.45. The Balaban J connectivity index is 1.37. The van der Waals surface area contributed by atoms with Crippen molar-refractivity contribution in [3.63, 3.8) is 0 Å². The molecule has 1 atom stereocenters. The van der Waals surface area contributed by atoms with E-state index in [1.54, 1.807) is 29.2 Å². The summed E-state index contributed by atoms with van der Waals surface area (Å²) in [5.74, 6) is -0.455. The molecular formula is C29H23N7O2S2. The first kappa shape index (κ1) is 26.9. The van der Waals surface area contributed by atoms with Crippen molar-refractivity contribution >= 4 is 51.7 Å². The van der Waals surface area contributed by atoms with Gasteiger partial charge in [-0.1, -0.05) is 65.6 Å². The van der Waals surface area contributed by atoms with Crippen LogP contribution in [0.25, 0.3) is 6.08 Å². The molecule has 3 N–H and O–H groups in total. The van der Waals surface area contributed by atoms with Crippen LogP contribution in [-0.4, -0.2) is 27.6 Å². The highest BCUT2D eigenvalue weighted by molar-refractivity contribution is 8.01. The van der Waals surface area contributed by atoms with Crippen molar-refractivity contribution < 1.29 is 9.59 Å². The molecule has 1 unspecified atom stereocenters. The maximum absolute atomic E-state index is 13.2. The van der Waals surface area contributed by atoms with Crippen LogP contribution in [0.2, 0.25) is 0 Å². The zero-order chi connectivity index (χ0) is 28.1. The zero-order valence-corrected chi connectivity index (χ0v) is 22.8. The lowest BCUT2D eigenvalue weighted by molar-refractivity contribution is -0.116. The van der Waals surface area contributed by atoms with Crippen LogP contribution in [0, 0.1) is 28.6 Å². The van der Waals surface area contributed by atoms with E-state index in [4.69, 9.17) is 11.0 Å². The fraction of sp³-hybridized carbons (Fsp3) is 0.172. The molecule has 2 heterocycles. The summed E-state index contributed by atoms with van der Waals surface area (Å²) in [4.78, 5) is 27.3. The Bertz CT molecular complexity index is 1630. The maximum atomic E-state index is 13.2. The number of hydrogen-bond acceptors (Lipinski definition) is 10. The van der Waals surface area contributed by atoms with Crippen LogP contribution in [0.3, 0.4) is 0 Å². The molecule has 2 aliphatic rings. The zero-order valence-electron chi connectivity index (χ0n) is 21.2. The Morgan fingerprint density at radius 3 is 2.62 bits per heavy atom. The number of ketones is 1. The minimum absolute atomic E-state index is 0.00667. The first-order valence-electron chi connectivity index (χ1n) is 12.4. The van der Waals surface area contributed by atoms with E-state index in [-0.39, 0.29) is 28.8 Å². The SMILES string of the molecule is N#CC1=C(N)N(c2nnc(SCC(=O)Nc3ccc(C#N)cc3)s2)C2=C(C(=O)CCC2)C1/C=C/c1ccccc1. The molecule has 9 nitrogen and oxygen atoms in total. The molecule has 0 radical (unpaired) electrons. The summed E-state index contributed by atoms with van der Waals surface area (Å²) in [6.45, 7) is 0. The highest BCUT2D eigenvalue weighted by Crippen LogP contribution is 2.44. The Kier molecular flexibility index (Phi) is 8.06. The number of rotatable bonds is 7. The van der Waals surface area contributed by atoms with Crippen LogP contribution >= 0.6 is 23.1 Å². The third kappa shape index (κ3) is 5.66. The molecule has 198 valence electrons. The molecule has 1 amide bonds. The number of carbonyl (C=O) groups is 2. The molecule has 0 saturated heterocycles. The van der Waals surface area contributed by atoms with Crippen molar-refractivity contribution in [2.75, 3.05) is 16.0 Å². The van der Waals surface area contributed by atoms with E-state index in [0.29, 0.717) is 45.6 Å². The number of anilines is 2. The average Bonchev–Trinajstić information content (AvgIpc) is 3.44. The van der Waals surface area contributed by atoms with Crippen molar-refractivity contribution in [1.29, 1.82) is 10.5 Å². The summed E-state index contributed by atoms with van der Waals surface area (Å²) >= 11 is 2.46. The van der Waals surface area contributed by atoms with Crippen LogP contribution < -0.4 is 16.0 Å². The van der Waals surface area contributed by atoms with Gasteiger partial charge in [0.05, 0.1) is 29.0 Å².